The molecule has 1 aromatic rings. The molecule has 18 heavy (non-hydrogen) atoms. The van der Waals surface area contributed by atoms with Crippen molar-refractivity contribution in [2.45, 2.75) is 40.7 Å². The molecule has 0 radical (unpaired) electrons. The predicted octanol–water partition coefficient (Wildman–Crippen LogP) is 2.60. The molecule has 1 amide bonds. The third-order valence-corrected chi connectivity index (χ3v) is 2.66. The summed E-state index contributed by atoms with van der Waals surface area (Å²) in [6, 6.07) is 1.76. The van der Waals surface area contributed by atoms with E-state index in [9.17, 15) is 4.79 Å². The number of rotatable bonds is 4. The Morgan fingerprint density at radius 1 is 1.44 bits per heavy atom. The zero-order chi connectivity index (χ0) is 13.9. The Kier molecular flexibility index (Phi) is 4.43. The number of aromatic nitrogens is 1. The molecular formula is C14H25N3O. The van der Waals surface area contributed by atoms with Crippen molar-refractivity contribution in [2.75, 3.05) is 19.3 Å². The summed E-state index contributed by atoms with van der Waals surface area (Å²) < 4.78 is 1.94. The lowest BCUT2D eigenvalue weighted by Crippen LogP contribution is -2.35. The molecule has 0 aliphatic heterocycles. The van der Waals surface area contributed by atoms with Gasteiger partial charge in [0.15, 0.2) is 0 Å². The summed E-state index contributed by atoms with van der Waals surface area (Å²) >= 11 is 0. The van der Waals surface area contributed by atoms with Crippen LogP contribution >= 0.6 is 0 Å². The van der Waals surface area contributed by atoms with E-state index in [0.717, 1.165) is 19.5 Å². The molecule has 0 bridgehead atoms. The van der Waals surface area contributed by atoms with Crippen LogP contribution in [0.3, 0.4) is 0 Å². The van der Waals surface area contributed by atoms with Crippen molar-refractivity contribution in [2.24, 2.45) is 5.41 Å². The van der Waals surface area contributed by atoms with Gasteiger partial charge in [-0.2, -0.15) is 0 Å². The van der Waals surface area contributed by atoms with Crippen LogP contribution in [0, 0.1) is 5.41 Å². The van der Waals surface area contributed by atoms with E-state index >= 15 is 0 Å². The van der Waals surface area contributed by atoms with Gasteiger partial charge in [-0.15, -0.1) is 0 Å². The molecule has 1 rings (SSSR count). The van der Waals surface area contributed by atoms with E-state index in [0.29, 0.717) is 11.4 Å². The maximum Gasteiger partial charge on any atom is 0.270 e. The normalized spacial score (nSPS) is 11.6. The molecule has 102 valence electrons. The topological polar surface area (TPSA) is 51.3 Å². The van der Waals surface area contributed by atoms with Gasteiger partial charge in [-0.3, -0.25) is 4.79 Å². The molecule has 4 heteroatoms. The van der Waals surface area contributed by atoms with E-state index in [1.165, 1.54) is 0 Å². The Hall–Kier alpha value is -1.45. The van der Waals surface area contributed by atoms with Gasteiger partial charge in [0.1, 0.15) is 5.69 Å². The minimum Gasteiger partial charge on any atom is -0.397 e. The van der Waals surface area contributed by atoms with Crippen LogP contribution < -0.4 is 5.73 Å². The highest BCUT2D eigenvalue weighted by atomic mass is 16.2. The molecule has 0 atom stereocenters. The number of hydrogen-bond acceptors (Lipinski definition) is 2. The van der Waals surface area contributed by atoms with E-state index in [4.69, 9.17) is 5.73 Å². The fourth-order valence-electron chi connectivity index (χ4n) is 2.12. The Labute approximate surface area is 110 Å². The zero-order valence-electron chi connectivity index (χ0n) is 12.2. The van der Waals surface area contributed by atoms with Gasteiger partial charge in [-0.05, 0) is 17.9 Å². The van der Waals surface area contributed by atoms with Crippen molar-refractivity contribution in [3.8, 4) is 0 Å². The van der Waals surface area contributed by atoms with Crippen LogP contribution in [0.5, 0.6) is 0 Å². The Balaban J connectivity index is 2.89. The smallest absolute Gasteiger partial charge is 0.270 e. The lowest BCUT2D eigenvalue weighted by Gasteiger charge is -2.26. The van der Waals surface area contributed by atoms with Gasteiger partial charge in [-0.1, -0.05) is 27.7 Å². The second-order valence-corrected chi connectivity index (χ2v) is 6.07. The SMILES string of the molecule is CCCn1cc(N)cc1C(=O)N(C)CC(C)(C)C. The molecule has 0 unspecified atom stereocenters. The number of hydrogen-bond donors (Lipinski definition) is 1. The lowest BCUT2D eigenvalue weighted by atomic mass is 9.96. The summed E-state index contributed by atoms with van der Waals surface area (Å²) in [5, 5.41) is 0. The summed E-state index contributed by atoms with van der Waals surface area (Å²) in [5.41, 5.74) is 7.21. The number of carbonyl (C=O) groups is 1. The van der Waals surface area contributed by atoms with Gasteiger partial charge in [-0.25, -0.2) is 0 Å². The van der Waals surface area contributed by atoms with Crippen molar-refractivity contribution >= 4 is 11.6 Å². The van der Waals surface area contributed by atoms with Crippen LogP contribution in [0.2, 0.25) is 0 Å². The van der Waals surface area contributed by atoms with Crippen LogP contribution in [0.1, 0.15) is 44.6 Å². The number of aryl methyl sites for hydroxylation is 1. The highest BCUT2D eigenvalue weighted by molar-refractivity contribution is 5.93. The first kappa shape index (κ1) is 14.6. The van der Waals surface area contributed by atoms with Crippen LogP contribution in [0.15, 0.2) is 12.3 Å². The molecule has 0 saturated carbocycles. The molecule has 2 N–H and O–H groups in total. The minimum atomic E-state index is 0.0371. The van der Waals surface area contributed by atoms with E-state index in [1.54, 1.807) is 11.0 Å². The summed E-state index contributed by atoms with van der Waals surface area (Å²) in [7, 11) is 1.84. The summed E-state index contributed by atoms with van der Waals surface area (Å²) in [5.74, 6) is 0.0371. The maximum atomic E-state index is 12.4. The third-order valence-electron chi connectivity index (χ3n) is 2.66. The van der Waals surface area contributed by atoms with E-state index < -0.39 is 0 Å². The quantitative estimate of drug-likeness (QED) is 0.894. The predicted molar refractivity (Wildman–Crippen MR) is 75.6 cm³/mol. The first-order valence-corrected chi connectivity index (χ1v) is 6.45. The first-order valence-electron chi connectivity index (χ1n) is 6.45. The molecule has 0 saturated heterocycles. The number of nitrogens with two attached hydrogens (primary N) is 1. The molecule has 0 aliphatic carbocycles. The summed E-state index contributed by atoms with van der Waals surface area (Å²) in [4.78, 5) is 14.1. The average molecular weight is 251 g/mol. The zero-order valence-corrected chi connectivity index (χ0v) is 12.2. The van der Waals surface area contributed by atoms with Gasteiger partial charge in [0.05, 0.1) is 5.69 Å². The van der Waals surface area contributed by atoms with Crippen molar-refractivity contribution in [3.63, 3.8) is 0 Å². The third kappa shape index (κ3) is 3.79. The number of amides is 1. The second-order valence-electron chi connectivity index (χ2n) is 6.07. The fourth-order valence-corrected chi connectivity index (χ4v) is 2.12. The number of anilines is 1. The second kappa shape index (κ2) is 5.46. The largest absolute Gasteiger partial charge is 0.397 e. The summed E-state index contributed by atoms with van der Waals surface area (Å²) in [6.07, 6.45) is 2.82. The van der Waals surface area contributed by atoms with Gasteiger partial charge >= 0.3 is 0 Å². The molecule has 0 fully saturated rings. The number of carbonyl (C=O) groups excluding carboxylic acids is 1. The molecule has 1 heterocycles. The van der Waals surface area contributed by atoms with Gasteiger partial charge in [0.2, 0.25) is 0 Å². The highest BCUT2D eigenvalue weighted by Crippen LogP contribution is 2.18. The monoisotopic (exact) mass is 251 g/mol. The van der Waals surface area contributed by atoms with Crippen LogP contribution in [-0.4, -0.2) is 29.0 Å². The van der Waals surface area contributed by atoms with Crippen molar-refractivity contribution in [3.05, 3.63) is 18.0 Å². The van der Waals surface area contributed by atoms with E-state index in [2.05, 4.69) is 27.7 Å². The number of nitrogen functional groups attached to an aromatic ring is 1. The van der Waals surface area contributed by atoms with Crippen LogP contribution in [0.25, 0.3) is 0 Å². The van der Waals surface area contributed by atoms with Crippen molar-refractivity contribution < 1.29 is 4.79 Å². The molecule has 0 aromatic carbocycles. The maximum absolute atomic E-state index is 12.4. The molecule has 0 aliphatic rings. The summed E-state index contributed by atoms with van der Waals surface area (Å²) in [6.45, 7) is 10.00. The Morgan fingerprint density at radius 2 is 2.06 bits per heavy atom. The molecule has 1 aromatic heterocycles. The van der Waals surface area contributed by atoms with Crippen LogP contribution in [0.4, 0.5) is 5.69 Å². The van der Waals surface area contributed by atoms with E-state index in [1.807, 2.05) is 17.8 Å². The minimum absolute atomic E-state index is 0.0371. The number of nitrogens with zero attached hydrogens (tertiary/aromatic N) is 2. The molecular weight excluding hydrogens is 226 g/mol. The van der Waals surface area contributed by atoms with Gasteiger partial charge < -0.3 is 15.2 Å². The van der Waals surface area contributed by atoms with Gasteiger partial charge in [0.25, 0.3) is 5.91 Å². The molecule has 0 spiro atoms. The Bertz CT molecular complexity index is 415. The van der Waals surface area contributed by atoms with E-state index in [-0.39, 0.29) is 11.3 Å². The first-order chi connectivity index (χ1) is 8.24. The standard InChI is InChI=1S/C14H25N3O/c1-6-7-17-9-11(15)8-12(17)13(18)16(5)10-14(2,3)4/h8-9H,6-7,10,15H2,1-5H3. The fraction of sp³-hybridized carbons (Fsp3) is 0.643. The Morgan fingerprint density at radius 3 is 2.56 bits per heavy atom. The van der Waals surface area contributed by atoms with Crippen LogP contribution in [-0.2, 0) is 6.54 Å². The lowest BCUT2D eigenvalue weighted by molar-refractivity contribution is 0.0734. The highest BCUT2D eigenvalue weighted by Gasteiger charge is 2.21. The van der Waals surface area contributed by atoms with Gasteiger partial charge in [0, 0.05) is 26.3 Å². The van der Waals surface area contributed by atoms with Crippen molar-refractivity contribution in [1.29, 1.82) is 0 Å². The van der Waals surface area contributed by atoms with Crippen molar-refractivity contribution in [1.82, 2.24) is 9.47 Å². The average Bonchev–Trinajstić information content (AvgIpc) is 2.56. The molecule has 4 nitrogen and oxygen atoms in total.